The minimum Gasteiger partial charge on any atom is -0.495 e. The Morgan fingerprint density at radius 3 is 2.24 bits per heavy atom. The molecule has 0 aliphatic carbocycles. The molecule has 0 spiro atoms. The molecule has 0 bridgehead atoms. The lowest BCUT2D eigenvalue weighted by Crippen LogP contribution is -2.03. The fourth-order valence-electron chi connectivity index (χ4n) is 1.27. The lowest BCUT2D eigenvalue weighted by Gasteiger charge is -2.13. The van der Waals surface area contributed by atoms with E-state index in [2.05, 4.69) is 37.0 Å². The number of hydrazone groups is 1. The first-order chi connectivity index (χ1) is 8.01. The minimum absolute atomic E-state index is 0.690. The lowest BCUT2D eigenvalue weighted by atomic mass is 10.2. The van der Waals surface area contributed by atoms with Crippen LogP contribution in [0.15, 0.2) is 20.1 Å². The van der Waals surface area contributed by atoms with Gasteiger partial charge in [0.1, 0.15) is 10.2 Å². The Hall–Kier alpha value is -0.750. The molecular formula is C11H14Br2N2O2. The Bertz CT molecular complexity index is 434. The fraction of sp³-hybridized carbons (Fsp3) is 0.364. The summed E-state index contributed by atoms with van der Waals surface area (Å²) in [5.41, 5.74) is 0.862. The van der Waals surface area contributed by atoms with Gasteiger partial charge >= 0.3 is 0 Å². The van der Waals surface area contributed by atoms with Gasteiger partial charge in [-0.15, -0.1) is 0 Å². The second kappa shape index (κ2) is 6.26. The van der Waals surface area contributed by atoms with Crippen LogP contribution in [0.1, 0.15) is 5.56 Å². The van der Waals surface area contributed by atoms with E-state index in [1.807, 2.05) is 20.2 Å². The minimum atomic E-state index is 0.690. The second-order valence-corrected chi connectivity index (χ2v) is 5.07. The Balaban J connectivity index is 3.31. The Morgan fingerprint density at radius 2 is 1.76 bits per heavy atom. The molecule has 6 heteroatoms. The van der Waals surface area contributed by atoms with Gasteiger partial charge in [0.05, 0.1) is 24.9 Å². The molecule has 0 amide bonds. The summed E-state index contributed by atoms with van der Waals surface area (Å²) in [7, 11) is 6.94. The van der Waals surface area contributed by atoms with E-state index in [9.17, 15) is 0 Å². The highest BCUT2D eigenvalue weighted by molar-refractivity contribution is 9.11. The van der Waals surface area contributed by atoms with Crippen LogP contribution in [0.5, 0.6) is 11.5 Å². The highest BCUT2D eigenvalue weighted by atomic mass is 79.9. The van der Waals surface area contributed by atoms with Crippen LogP contribution in [0.4, 0.5) is 0 Å². The van der Waals surface area contributed by atoms with E-state index in [4.69, 9.17) is 9.47 Å². The first-order valence-corrected chi connectivity index (χ1v) is 6.41. The van der Waals surface area contributed by atoms with Crippen molar-refractivity contribution in [3.8, 4) is 11.5 Å². The fourth-order valence-corrected chi connectivity index (χ4v) is 2.91. The lowest BCUT2D eigenvalue weighted by molar-refractivity contribution is 0.387. The molecule has 1 aromatic carbocycles. The Morgan fingerprint density at radius 1 is 1.18 bits per heavy atom. The highest BCUT2D eigenvalue weighted by Gasteiger charge is 2.15. The molecule has 0 aliphatic rings. The number of ether oxygens (including phenoxy) is 2. The number of hydrogen-bond donors (Lipinski definition) is 0. The third-order valence-electron chi connectivity index (χ3n) is 2.00. The van der Waals surface area contributed by atoms with Gasteiger partial charge in [-0.3, -0.25) is 0 Å². The van der Waals surface area contributed by atoms with E-state index in [0.717, 1.165) is 14.5 Å². The standard InChI is InChI=1S/C11H14Br2N2O2/c1-15(2)14-6-7-5-8(12)11(17-4)9(13)10(7)16-3/h5-6H,1-4H3/b14-6+. The molecule has 0 saturated carbocycles. The van der Waals surface area contributed by atoms with Gasteiger partial charge in [-0.2, -0.15) is 5.10 Å². The highest BCUT2D eigenvalue weighted by Crippen LogP contribution is 2.41. The number of nitrogens with zero attached hydrogens (tertiary/aromatic N) is 2. The van der Waals surface area contributed by atoms with Gasteiger partial charge < -0.3 is 14.5 Å². The SMILES string of the molecule is COc1c(Br)cc(/C=N/N(C)C)c(OC)c1Br. The average molecular weight is 366 g/mol. The van der Waals surface area contributed by atoms with Crippen LogP contribution < -0.4 is 9.47 Å². The zero-order valence-electron chi connectivity index (χ0n) is 10.1. The normalized spacial score (nSPS) is 10.7. The Kier molecular flexibility index (Phi) is 5.27. The summed E-state index contributed by atoms with van der Waals surface area (Å²) in [5.74, 6) is 1.39. The van der Waals surface area contributed by atoms with Crippen LogP contribution in [0.25, 0.3) is 0 Å². The van der Waals surface area contributed by atoms with Gasteiger partial charge in [-0.1, -0.05) is 0 Å². The first kappa shape index (κ1) is 14.3. The van der Waals surface area contributed by atoms with Crippen LogP contribution in [0.2, 0.25) is 0 Å². The maximum absolute atomic E-state index is 5.35. The van der Waals surface area contributed by atoms with Crippen molar-refractivity contribution >= 4 is 38.1 Å². The molecular weight excluding hydrogens is 352 g/mol. The number of halogens is 2. The summed E-state index contributed by atoms with van der Waals surface area (Å²) in [6.07, 6.45) is 1.73. The molecule has 94 valence electrons. The summed E-state index contributed by atoms with van der Waals surface area (Å²) in [5, 5.41) is 5.90. The van der Waals surface area contributed by atoms with Crippen molar-refractivity contribution in [2.75, 3.05) is 28.3 Å². The summed E-state index contributed by atoms with van der Waals surface area (Å²) in [4.78, 5) is 0. The predicted molar refractivity (Wildman–Crippen MR) is 76.2 cm³/mol. The van der Waals surface area contributed by atoms with Crippen molar-refractivity contribution in [3.05, 3.63) is 20.6 Å². The molecule has 0 heterocycles. The van der Waals surface area contributed by atoms with E-state index in [1.54, 1.807) is 25.4 Å². The molecule has 0 aliphatic heterocycles. The third kappa shape index (κ3) is 3.35. The molecule has 1 aromatic rings. The van der Waals surface area contributed by atoms with E-state index in [0.29, 0.717) is 11.5 Å². The summed E-state index contributed by atoms with van der Waals surface area (Å²) >= 11 is 6.90. The third-order valence-corrected chi connectivity index (χ3v) is 3.31. The van der Waals surface area contributed by atoms with Gasteiger partial charge in [0.25, 0.3) is 0 Å². The second-order valence-electron chi connectivity index (χ2n) is 3.42. The van der Waals surface area contributed by atoms with Crippen molar-refractivity contribution in [2.24, 2.45) is 5.10 Å². The predicted octanol–water partition coefficient (Wildman–Crippen LogP) is 3.12. The number of methoxy groups -OCH3 is 2. The van der Waals surface area contributed by atoms with E-state index < -0.39 is 0 Å². The van der Waals surface area contributed by atoms with Crippen molar-refractivity contribution in [2.45, 2.75) is 0 Å². The average Bonchev–Trinajstić information content (AvgIpc) is 2.26. The van der Waals surface area contributed by atoms with Crippen molar-refractivity contribution < 1.29 is 9.47 Å². The molecule has 0 radical (unpaired) electrons. The summed E-state index contributed by atoms with van der Waals surface area (Å²) in [6, 6.07) is 1.90. The molecule has 0 unspecified atom stereocenters. The molecule has 0 saturated heterocycles. The number of rotatable bonds is 4. The van der Waals surface area contributed by atoms with E-state index >= 15 is 0 Å². The van der Waals surface area contributed by atoms with Gasteiger partial charge in [0.15, 0.2) is 5.75 Å². The molecule has 4 nitrogen and oxygen atoms in total. The van der Waals surface area contributed by atoms with Crippen LogP contribution in [-0.2, 0) is 0 Å². The van der Waals surface area contributed by atoms with Gasteiger partial charge in [0, 0.05) is 19.7 Å². The van der Waals surface area contributed by atoms with Crippen LogP contribution in [0, 0.1) is 0 Å². The number of hydrogen-bond acceptors (Lipinski definition) is 4. The quantitative estimate of drug-likeness (QED) is 0.607. The number of benzene rings is 1. The molecule has 1 rings (SSSR count). The summed E-state index contributed by atoms with van der Waals surface area (Å²) in [6.45, 7) is 0. The van der Waals surface area contributed by atoms with Gasteiger partial charge in [-0.25, -0.2) is 0 Å². The monoisotopic (exact) mass is 364 g/mol. The van der Waals surface area contributed by atoms with Crippen molar-refractivity contribution in [1.29, 1.82) is 0 Å². The topological polar surface area (TPSA) is 34.1 Å². The maximum atomic E-state index is 5.35. The van der Waals surface area contributed by atoms with Crippen molar-refractivity contribution in [3.63, 3.8) is 0 Å². The molecule has 0 fully saturated rings. The molecule has 17 heavy (non-hydrogen) atoms. The van der Waals surface area contributed by atoms with E-state index in [-0.39, 0.29) is 0 Å². The Labute approximate surface area is 118 Å². The van der Waals surface area contributed by atoms with Gasteiger partial charge in [0.2, 0.25) is 0 Å². The molecule has 0 atom stereocenters. The van der Waals surface area contributed by atoms with E-state index in [1.165, 1.54) is 0 Å². The molecule has 0 N–H and O–H groups in total. The van der Waals surface area contributed by atoms with Crippen molar-refractivity contribution in [1.82, 2.24) is 5.01 Å². The zero-order chi connectivity index (χ0) is 13.0. The first-order valence-electron chi connectivity index (χ1n) is 4.82. The van der Waals surface area contributed by atoms with Crippen LogP contribution in [-0.4, -0.2) is 39.5 Å². The van der Waals surface area contributed by atoms with Crippen LogP contribution >= 0.6 is 31.9 Å². The maximum Gasteiger partial charge on any atom is 0.151 e. The van der Waals surface area contributed by atoms with Crippen LogP contribution in [0.3, 0.4) is 0 Å². The smallest absolute Gasteiger partial charge is 0.151 e. The zero-order valence-corrected chi connectivity index (χ0v) is 13.3. The largest absolute Gasteiger partial charge is 0.495 e. The summed E-state index contributed by atoms with van der Waals surface area (Å²) < 4.78 is 12.2. The van der Waals surface area contributed by atoms with Gasteiger partial charge in [-0.05, 0) is 37.9 Å². The molecule has 0 aromatic heterocycles.